The molecule has 3 N–H and O–H groups in total. The highest BCUT2D eigenvalue weighted by atomic mass is 79.9. The maximum absolute atomic E-state index is 9.60. The summed E-state index contributed by atoms with van der Waals surface area (Å²) in [6.07, 6.45) is 3.40. The molecule has 88 valence electrons. The highest BCUT2D eigenvalue weighted by molar-refractivity contribution is 9.10. The van der Waals surface area contributed by atoms with Gasteiger partial charge in [-0.3, -0.25) is 0 Å². The average Bonchev–Trinajstić information content (AvgIpc) is 2.23. The lowest BCUT2D eigenvalue weighted by molar-refractivity contribution is 0.0192. The number of hydrogen-bond donors (Lipinski definition) is 2. The van der Waals surface area contributed by atoms with Gasteiger partial charge < -0.3 is 10.8 Å². The van der Waals surface area contributed by atoms with Gasteiger partial charge in [0.25, 0.3) is 0 Å². The molecule has 1 atom stereocenters. The summed E-state index contributed by atoms with van der Waals surface area (Å²) in [6, 6.07) is 8.28. The fourth-order valence-corrected chi connectivity index (χ4v) is 3.13. The molecule has 1 aromatic carbocycles. The molecule has 1 aliphatic rings. The van der Waals surface area contributed by atoms with Crippen LogP contribution in [0.1, 0.15) is 30.7 Å². The lowest BCUT2D eigenvalue weighted by Crippen LogP contribution is -2.42. The summed E-state index contributed by atoms with van der Waals surface area (Å²) in [5.74, 6) is 0.281. The number of aliphatic hydroxyl groups excluding tert-OH is 1. The Morgan fingerprint density at radius 2 is 2.19 bits per heavy atom. The zero-order chi connectivity index (χ0) is 11.6. The smallest absolute Gasteiger partial charge is 0.0493 e. The van der Waals surface area contributed by atoms with Gasteiger partial charge in [0.15, 0.2) is 0 Å². The molecule has 16 heavy (non-hydrogen) atoms. The van der Waals surface area contributed by atoms with E-state index in [1.54, 1.807) is 0 Å². The Bertz CT molecular complexity index is 357. The van der Waals surface area contributed by atoms with Gasteiger partial charge in [-0.2, -0.15) is 0 Å². The quantitative estimate of drug-likeness (QED) is 0.893. The molecular weight excluding hydrogens is 266 g/mol. The molecule has 1 aliphatic carbocycles. The molecule has 0 radical (unpaired) electrons. The minimum absolute atomic E-state index is 0.0372. The maximum Gasteiger partial charge on any atom is 0.0493 e. The molecule has 0 saturated heterocycles. The minimum Gasteiger partial charge on any atom is -0.396 e. The van der Waals surface area contributed by atoms with Crippen molar-refractivity contribution in [1.82, 2.24) is 0 Å². The third-order valence-electron chi connectivity index (χ3n) is 3.89. The van der Waals surface area contributed by atoms with Crippen LogP contribution in [0, 0.1) is 5.41 Å². The van der Waals surface area contributed by atoms with Crippen molar-refractivity contribution in [3.63, 3.8) is 0 Å². The van der Waals surface area contributed by atoms with Gasteiger partial charge in [-0.25, -0.2) is 0 Å². The first-order valence-corrected chi connectivity index (χ1v) is 6.57. The predicted molar refractivity (Wildman–Crippen MR) is 69.3 cm³/mol. The molecule has 0 heterocycles. The molecule has 2 rings (SSSR count). The zero-order valence-corrected chi connectivity index (χ0v) is 10.9. The van der Waals surface area contributed by atoms with Crippen LogP contribution in [0.25, 0.3) is 0 Å². The molecule has 1 fully saturated rings. The van der Waals surface area contributed by atoms with Crippen LogP contribution in [0.3, 0.4) is 0 Å². The van der Waals surface area contributed by atoms with Crippen molar-refractivity contribution in [2.45, 2.75) is 25.2 Å². The maximum atomic E-state index is 9.60. The second-order valence-electron chi connectivity index (χ2n) is 4.72. The molecule has 2 nitrogen and oxygen atoms in total. The van der Waals surface area contributed by atoms with Gasteiger partial charge in [0.05, 0.1) is 0 Å². The van der Waals surface area contributed by atoms with E-state index in [-0.39, 0.29) is 17.9 Å². The van der Waals surface area contributed by atoms with Crippen molar-refractivity contribution in [1.29, 1.82) is 0 Å². The Balaban J connectivity index is 2.28. The Morgan fingerprint density at radius 3 is 2.62 bits per heavy atom. The molecule has 1 aromatic rings. The Labute approximate surface area is 105 Å². The van der Waals surface area contributed by atoms with Crippen LogP contribution in [-0.4, -0.2) is 18.3 Å². The molecule has 0 aromatic heterocycles. The summed E-state index contributed by atoms with van der Waals surface area (Å²) >= 11 is 3.48. The van der Waals surface area contributed by atoms with Gasteiger partial charge in [-0.15, -0.1) is 0 Å². The third-order valence-corrected chi connectivity index (χ3v) is 4.38. The largest absolute Gasteiger partial charge is 0.396 e. The summed E-state index contributed by atoms with van der Waals surface area (Å²) in [5.41, 5.74) is 7.18. The first-order valence-electron chi connectivity index (χ1n) is 5.78. The van der Waals surface area contributed by atoms with E-state index in [1.165, 1.54) is 12.0 Å². The van der Waals surface area contributed by atoms with Crippen LogP contribution in [0.5, 0.6) is 0 Å². The Hall–Kier alpha value is -0.380. The molecule has 0 bridgehead atoms. The predicted octanol–water partition coefficient (Wildman–Crippen LogP) is 2.65. The molecule has 0 spiro atoms. The van der Waals surface area contributed by atoms with Crippen molar-refractivity contribution in [2.75, 3.05) is 13.2 Å². The van der Waals surface area contributed by atoms with Crippen molar-refractivity contribution in [3.05, 3.63) is 34.3 Å². The van der Waals surface area contributed by atoms with E-state index in [0.29, 0.717) is 6.54 Å². The molecule has 1 saturated carbocycles. The first kappa shape index (κ1) is 12.1. The van der Waals surface area contributed by atoms with E-state index in [0.717, 1.165) is 17.3 Å². The third kappa shape index (κ3) is 2.04. The number of halogens is 1. The van der Waals surface area contributed by atoms with E-state index in [2.05, 4.69) is 28.1 Å². The lowest BCUT2D eigenvalue weighted by atomic mass is 9.60. The number of nitrogens with two attached hydrogens (primary N) is 1. The molecular formula is C13H18BrNO. The molecule has 0 aliphatic heterocycles. The zero-order valence-electron chi connectivity index (χ0n) is 9.32. The number of rotatable bonds is 4. The van der Waals surface area contributed by atoms with E-state index < -0.39 is 0 Å². The first-order chi connectivity index (χ1) is 7.72. The van der Waals surface area contributed by atoms with E-state index in [4.69, 9.17) is 5.73 Å². The number of hydrogen-bond acceptors (Lipinski definition) is 2. The monoisotopic (exact) mass is 283 g/mol. The van der Waals surface area contributed by atoms with Crippen molar-refractivity contribution in [3.8, 4) is 0 Å². The fraction of sp³-hybridized carbons (Fsp3) is 0.538. The van der Waals surface area contributed by atoms with Gasteiger partial charge in [0.1, 0.15) is 0 Å². The van der Waals surface area contributed by atoms with E-state index in [9.17, 15) is 5.11 Å². The van der Waals surface area contributed by atoms with Gasteiger partial charge in [0, 0.05) is 22.4 Å². The van der Waals surface area contributed by atoms with Crippen LogP contribution < -0.4 is 5.73 Å². The summed E-state index contributed by atoms with van der Waals surface area (Å²) in [5, 5.41) is 9.60. The van der Waals surface area contributed by atoms with Crippen molar-refractivity contribution >= 4 is 15.9 Å². The highest BCUT2D eigenvalue weighted by Gasteiger charge is 2.43. The van der Waals surface area contributed by atoms with Gasteiger partial charge in [-0.05, 0) is 37.1 Å². The Kier molecular flexibility index (Phi) is 3.67. The van der Waals surface area contributed by atoms with Crippen LogP contribution in [-0.2, 0) is 0 Å². The standard InChI is InChI=1S/C13H18BrNO/c14-11-4-1-3-10(7-11)12(8-15)13(9-16)5-2-6-13/h1,3-4,7,12,16H,2,5-6,8-9,15H2/t12-/m0/s1. The lowest BCUT2D eigenvalue weighted by Gasteiger charge is -2.46. The second-order valence-corrected chi connectivity index (χ2v) is 5.63. The van der Waals surface area contributed by atoms with Crippen molar-refractivity contribution < 1.29 is 5.11 Å². The molecule has 0 amide bonds. The number of aliphatic hydroxyl groups is 1. The summed E-state index contributed by atoms with van der Waals surface area (Å²) in [6.45, 7) is 0.860. The van der Waals surface area contributed by atoms with Gasteiger partial charge >= 0.3 is 0 Å². The Morgan fingerprint density at radius 1 is 1.44 bits per heavy atom. The normalized spacial score (nSPS) is 20.2. The van der Waals surface area contributed by atoms with Crippen LogP contribution in [0.2, 0.25) is 0 Å². The van der Waals surface area contributed by atoms with Crippen LogP contribution in [0.15, 0.2) is 28.7 Å². The average molecular weight is 284 g/mol. The van der Waals surface area contributed by atoms with Gasteiger partial charge in [-0.1, -0.05) is 34.5 Å². The summed E-state index contributed by atoms with van der Waals surface area (Å²) in [7, 11) is 0. The molecule has 3 heteroatoms. The topological polar surface area (TPSA) is 46.2 Å². The van der Waals surface area contributed by atoms with Crippen LogP contribution >= 0.6 is 15.9 Å². The van der Waals surface area contributed by atoms with Crippen LogP contribution in [0.4, 0.5) is 0 Å². The summed E-state index contributed by atoms with van der Waals surface area (Å²) in [4.78, 5) is 0. The minimum atomic E-state index is 0.0372. The van der Waals surface area contributed by atoms with Gasteiger partial charge in [0.2, 0.25) is 0 Å². The van der Waals surface area contributed by atoms with E-state index >= 15 is 0 Å². The second kappa shape index (κ2) is 4.86. The summed E-state index contributed by atoms with van der Waals surface area (Å²) < 4.78 is 1.08. The fourth-order valence-electron chi connectivity index (χ4n) is 2.71. The number of benzene rings is 1. The van der Waals surface area contributed by atoms with Crippen molar-refractivity contribution in [2.24, 2.45) is 11.1 Å². The highest BCUT2D eigenvalue weighted by Crippen LogP contribution is 2.50. The van der Waals surface area contributed by atoms with E-state index in [1.807, 2.05) is 12.1 Å². The SMILES string of the molecule is NC[C@@H](c1cccc(Br)c1)C1(CO)CCC1. The molecule has 0 unspecified atom stereocenters.